The average Bonchev–Trinajstić information content (AvgIpc) is 2.89. The van der Waals surface area contributed by atoms with E-state index in [-0.39, 0.29) is 28.6 Å². The molecule has 3 aromatic rings. The molecule has 11 heteroatoms. The Bertz CT molecular complexity index is 1390. The molecule has 0 aliphatic rings. The number of hydrogen-bond donors (Lipinski definition) is 1. The highest BCUT2D eigenvalue weighted by atomic mass is 35.5. The molecule has 38 heavy (non-hydrogen) atoms. The number of hydrogen-bond acceptors (Lipinski definition) is 4. The Kier molecular flexibility index (Phi) is 10.1. The smallest absolute Gasteiger partial charge is 0.264 e. The number of para-hydroxylation sites is 1. The highest BCUT2D eigenvalue weighted by Crippen LogP contribution is 2.28. The average molecular weight is 581 g/mol. The molecule has 1 N–H and O–H groups in total. The summed E-state index contributed by atoms with van der Waals surface area (Å²) in [5.41, 5.74) is 0.218. The summed E-state index contributed by atoms with van der Waals surface area (Å²) in [5.74, 6) is -1.93. The first-order valence-electron chi connectivity index (χ1n) is 11.9. The molecule has 0 radical (unpaired) electrons. The molecule has 3 aromatic carbocycles. The minimum absolute atomic E-state index is 0.0963. The zero-order chi connectivity index (χ0) is 27.9. The predicted molar refractivity (Wildman–Crippen MR) is 147 cm³/mol. The van der Waals surface area contributed by atoms with Crippen molar-refractivity contribution in [3.63, 3.8) is 0 Å². The van der Waals surface area contributed by atoms with Crippen molar-refractivity contribution in [2.24, 2.45) is 0 Å². The van der Waals surface area contributed by atoms with Crippen molar-refractivity contribution in [3.8, 4) is 0 Å². The number of sulfonamides is 1. The van der Waals surface area contributed by atoms with E-state index in [2.05, 4.69) is 5.32 Å². The summed E-state index contributed by atoms with van der Waals surface area (Å²) < 4.78 is 42.9. The lowest BCUT2D eigenvalue weighted by molar-refractivity contribution is -0.140. The minimum atomic E-state index is -4.35. The van der Waals surface area contributed by atoms with E-state index in [0.29, 0.717) is 17.1 Å². The maximum Gasteiger partial charge on any atom is 0.264 e. The Hall–Kier alpha value is -3.14. The van der Waals surface area contributed by atoms with Crippen molar-refractivity contribution in [3.05, 3.63) is 94.2 Å². The molecule has 0 spiro atoms. The molecule has 3 rings (SSSR count). The summed E-state index contributed by atoms with van der Waals surface area (Å²) in [7, 11) is -4.35. The number of halogens is 3. The van der Waals surface area contributed by atoms with Gasteiger partial charge in [-0.3, -0.25) is 13.9 Å². The summed E-state index contributed by atoms with van der Waals surface area (Å²) in [6, 6.07) is 16.5. The number of rotatable bonds is 11. The number of carbonyl (C=O) groups is 2. The lowest BCUT2D eigenvalue weighted by atomic mass is 10.1. The quantitative estimate of drug-likeness (QED) is 0.335. The Morgan fingerprint density at radius 2 is 1.63 bits per heavy atom. The third-order valence-electron chi connectivity index (χ3n) is 5.82. The fourth-order valence-corrected chi connectivity index (χ4v) is 5.84. The first-order chi connectivity index (χ1) is 18.1. The van der Waals surface area contributed by atoms with Gasteiger partial charge in [0.15, 0.2) is 0 Å². The lowest BCUT2D eigenvalue weighted by Crippen LogP contribution is -2.52. The van der Waals surface area contributed by atoms with Crippen LogP contribution in [0.25, 0.3) is 0 Å². The predicted octanol–water partition coefficient (Wildman–Crippen LogP) is 5.27. The van der Waals surface area contributed by atoms with Gasteiger partial charge in [-0.2, -0.15) is 0 Å². The molecule has 0 unspecified atom stereocenters. The van der Waals surface area contributed by atoms with Gasteiger partial charge in [0.25, 0.3) is 10.0 Å². The zero-order valence-corrected chi connectivity index (χ0v) is 23.2. The van der Waals surface area contributed by atoms with Gasteiger partial charge >= 0.3 is 0 Å². The normalized spacial score (nSPS) is 12.0. The van der Waals surface area contributed by atoms with Crippen LogP contribution in [0.4, 0.5) is 10.1 Å². The van der Waals surface area contributed by atoms with Crippen molar-refractivity contribution in [1.29, 1.82) is 0 Å². The van der Waals surface area contributed by atoms with Crippen LogP contribution in [0.5, 0.6) is 0 Å². The molecule has 0 aromatic heterocycles. The summed E-state index contributed by atoms with van der Waals surface area (Å²) in [6.07, 6.45) is 0.244. The highest BCUT2D eigenvalue weighted by molar-refractivity contribution is 7.92. The van der Waals surface area contributed by atoms with Gasteiger partial charge in [0.2, 0.25) is 11.8 Å². The fraction of sp³-hybridized carbons (Fsp3) is 0.259. The van der Waals surface area contributed by atoms with Gasteiger partial charge in [0, 0.05) is 23.1 Å². The second-order valence-corrected chi connectivity index (χ2v) is 11.1. The minimum Gasteiger partial charge on any atom is -0.355 e. The molecular formula is C27H28Cl2FN3O4S. The van der Waals surface area contributed by atoms with E-state index in [1.165, 1.54) is 53.4 Å². The number of anilines is 1. The van der Waals surface area contributed by atoms with E-state index in [1.54, 1.807) is 32.0 Å². The number of nitrogens with one attached hydrogen (secondary N) is 1. The number of likely N-dealkylation sites (N-methyl/N-ethyl adjacent to an activating group) is 1. The molecule has 0 bridgehead atoms. The molecule has 0 aliphatic heterocycles. The lowest BCUT2D eigenvalue weighted by Gasteiger charge is -2.33. The molecule has 1 atom stereocenters. The maximum absolute atomic E-state index is 14.9. The monoisotopic (exact) mass is 579 g/mol. The molecule has 202 valence electrons. The van der Waals surface area contributed by atoms with Crippen LogP contribution < -0.4 is 9.62 Å². The Labute approximate surface area is 232 Å². The number of amides is 2. The SMILES string of the molecule is CCNC(=O)[C@@H](CC)N(Cc1ccc(Cl)cc1Cl)C(=O)CN(c1ccccc1F)S(=O)(=O)c1ccccc1. The molecule has 0 heterocycles. The second kappa shape index (κ2) is 13.1. The van der Waals surface area contributed by atoms with Gasteiger partial charge in [-0.1, -0.05) is 66.5 Å². The number of nitrogens with zero attached hydrogens (tertiary/aromatic N) is 2. The molecule has 2 amide bonds. The third kappa shape index (κ3) is 6.83. The number of benzene rings is 3. The summed E-state index contributed by atoms with van der Waals surface area (Å²) >= 11 is 12.4. The standard InChI is InChI=1S/C27H28Cl2FN3O4S/c1-3-24(27(35)31-4-2)32(17-19-14-15-20(28)16-22(19)29)26(34)18-33(25-13-9-8-12-23(25)30)38(36,37)21-10-6-5-7-11-21/h5-16,24H,3-4,17-18H2,1-2H3,(H,31,35)/t24-/m1/s1. The Morgan fingerprint density at radius 1 is 0.974 bits per heavy atom. The topological polar surface area (TPSA) is 86.8 Å². The van der Waals surface area contributed by atoms with Gasteiger partial charge in [-0.05, 0) is 55.3 Å². The van der Waals surface area contributed by atoms with Crippen LogP contribution in [-0.2, 0) is 26.2 Å². The summed E-state index contributed by atoms with van der Waals surface area (Å²) in [6.45, 7) is 2.97. The Balaban J connectivity index is 2.08. The molecule has 0 saturated heterocycles. The van der Waals surface area contributed by atoms with Crippen LogP contribution in [-0.4, -0.2) is 44.3 Å². The first-order valence-corrected chi connectivity index (χ1v) is 14.1. The van der Waals surface area contributed by atoms with Gasteiger partial charge in [0.05, 0.1) is 10.6 Å². The summed E-state index contributed by atoms with van der Waals surface area (Å²) in [4.78, 5) is 27.9. The van der Waals surface area contributed by atoms with Gasteiger partial charge in [0.1, 0.15) is 18.4 Å². The molecule has 0 saturated carbocycles. The van der Waals surface area contributed by atoms with Crippen molar-refractivity contribution in [1.82, 2.24) is 10.2 Å². The van der Waals surface area contributed by atoms with Crippen LogP contribution in [0.2, 0.25) is 10.0 Å². The van der Waals surface area contributed by atoms with E-state index < -0.39 is 40.2 Å². The first kappa shape index (κ1) is 29.4. The number of carbonyl (C=O) groups excluding carboxylic acids is 2. The van der Waals surface area contributed by atoms with E-state index >= 15 is 0 Å². The Morgan fingerprint density at radius 3 is 2.24 bits per heavy atom. The van der Waals surface area contributed by atoms with E-state index in [4.69, 9.17) is 23.2 Å². The van der Waals surface area contributed by atoms with E-state index in [1.807, 2.05) is 0 Å². The van der Waals surface area contributed by atoms with Crippen molar-refractivity contribution in [2.45, 2.75) is 37.8 Å². The van der Waals surface area contributed by atoms with E-state index in [0.717, 1.165) is 10.4 Å². The van der Waals surface area contributed by atoms with Gasteiger partial charge in [-0.25, -0.2) is 12.8 Å². The van der Waals surface area contributed by atoms with E-state index in [9.17, 15) is 22.4 Å². The highest BCUT2D eigenvalue weighted by Gasteiger charge is 2.34. The molecule has 7 nitrogen and oxygen atoms in total. The largest absolute Gasteiger partial charge is 0.355 e. The molecule has 0 fully saturated rings. The molecule has 0 aliphatic carbocycles. The van der Waals surface area contributed by atoms with Crippen LogP contribution in [0.1, 0.15) is 25.8 Å². The fourth-order valence-electron chi connectivity index (χ4n) is 3.93. The molecular weight excluding hydrogens is 552 g/mol. The maximum atomic E-state index is 14.9. The zero-order valence-electron chi connectivity index (χ0n) is 20.9. The second-order valence-electron chi connectivity index (χ2n) is 8.35. The van der Waals surface area contributed by atoms with Crippen LogP contribution >= 0.6 is 23.2 Å². The van der Waals surface area contributed by atoms with Crippen molar-refractivity contribution < 1.29 is 22.4 Å². The third-order valence-corrected chi connectivity index (χ3v) is 8.18. The van der Waals surface area contributed by atoms with Gasteiger partial charge < -0.3 is 10.2 Å². The van der Waals surface area contributed by atoms with Crippen molar-refractivity contribution >= 4 is 50.7 Å². The van der Waals surface area contributed by atoms with Crippen LogP contribution in [0, 0.1) is 5.82 Å². The summed E-state index contributed by atoms with van der Waals surface area (Å²) in [5, 5.41) is 3.39. The van der Waals surface area contributed by atoms with Gasteiger partial charge in [-0.15, -0.1) is 0 Å². The van der Waals surface area contributed by atoms with Crippen molar-refractivity contribution in [2.75, 3.05) is 17.4 Å². The van der Waals surface area contributed by atoms with Crippen LogP contribution in [0.15, 0.2) is 77.7 Å². The van der Waals surface area contributed by atoms with Crippen LogP contribution in [0.3, 0.4) is 0 Å².